The fraction of sp³-hybridized carbons (Fsp3) is 0.471. The van der Waals surface area contributed by atoms with Gasteiger partial charge in [-0.1, -0.05) is 57.3 Å². The van der Waals surface area contributed by atoms with Gasteiger partial charge in [-0.2, -0.15) is 0 Å². The maximum absolute atomic E-state index is 10.7. The summed E-state index contributed by atoms with van der Waals surface area (Å²) in [5, 5.41) is 0. The molecule has 18 heavy (non-hydrogen) atoms. The number of hydrogen-bond acceptors (Lipinski definition) is 1. The second-order valence-corrected chi connectivity index (χ2v) is 4.00. The summed E-state index contributed by atoms with van der Waals surface area (Å²) >= 11 is 0. The van der Waals surface area contributed by atoms with E-state index in [0.29, 0.717) is 6.42 Å². The summed E-state index contributed by atoms with van der Waals surface area (Å²) in [6.45, 7) is 5.55. The minimum atomic E-state index is -0.285. The van der Waals surface area contributed by atoms with E-state index in [-0.39, 0.29) is 5.78 Å². The second kappa shape index (κ2) is 13.3. The van der Waals surface area contributed by atoms with Gasteiger partial charge in [0.25, 0.3) is 0 Å². The quantitative estimate of drug-likeness (QED) is 0.206. The van der Waals surface area contributed by atoms with E-state index in [9.17, 15) is 4.79 Å². The molecule has 96 valence electrons. The van der Waals surface area contributed by atoms with Crippen LogP contribution in [0.2, 0.25) is 0 Å². The molecule has 0 saturated heterocycles. The van der Waals surface area contributed by atoms with Crippen molar-refractivity contribution in [2.75, 3.05) is 0 Å². The molecule has 0 aliphatic carbocycles. The molecule has 0 saturated carbocycles. The fourth-order valence-corrected chi connectivity index (χ4v) is 1.36. The molecule has 0 bridgehead atoms. The van der Waals surface area contributed by atoms with E-state index in [0.717, 1.165) is 6.42 Å². The van der Waals surface area contributed by atoms with Crippen LogP contribution in [-0.2, 0) is 4.79 Å². The van der Waals surface area contributed by atoms with Crippen LogP contribution in [0.5, 0.6) is 0 Å². The topological polar surface area (TPSA) is 17.1 Å². The maximum atomic E-state index is 10.7. The molecule has 1 heteroatoms. The molecule has 0 aromatic carbocycles. The van der Waals surface area contributed by atoms with Gasteiger partial charge in [-0.15, -0.1) is 0 Å². The first-order chi connectivity index (χ1) is 8.81. The zero-order valence-corrected chi connectivity index (χ0v) is 11.3. The van der Waals surface area contributed by atoms with Gasteiger partial charge in [-0.25, -0.2) is 0 Å². The van der Waals surface area contributed by atoms with Gasteiger partial charge in [0.1, 0.15) is 0 Å². The normalized spacial score (nSPS) is 9.17. The highest BCUT2D eigenvalue weighted by Crippen LogP contribution is 2.05. The Balaban J connectivity index is 3.53. The van der Waals surface area contributed by atoms with Gasteiger partial charge in [0.15, 0.2) is 0 Å². The third-order valence-corrected chi connectivity index (χ3v) is 2.38. The van der Waals surface area contributed by atoms with Gasteiger partial charge in [0.2, 0.25) is 5.78 Å². The van der Waals surface area contributed by atoms with E-state index in [1.165, 1.54) is 38.2 Å². The molecule has 0 aromatic heterocycles. The van der Waals surface area contributed by atoms with Crippen molar-refractivity contribution in [3.05, 3.63) is 24.8 Å². The number of carbonyl (C=O) groups is 1. The third-order valence-electron chi connectivity index (χ3n) is 2.38. The van der Waals surface area contributed by atoms with Crippen molar-refractivity contribution in [2.24, 2.45) is 0 Å². The molecule has 0 amide bonds. The van der Waals surface area contributed by atoms with Crippen molar-refractivity contribution in [2.45, 2.75) is 51.9 Å². The van der Waals surface area contributed by atoms with Gasteiger partial charge < -0.3 is 0 Å². The van der Waals surface area contributed by atoms with Crippen LogP contribution in [0.15, 0.2) is 24.8 Å². The van der Waals surface area contributed by atoms with Crippen LogP contribution >= 0.6 is 0 Å². The van der Waals surface area contributed by atoms with Gasteiger partial charge in [0.05, 0.1) is 0 Å². The molecular formula is C17H22O. The maximum Gasteiger partial charge on any atom is 0.229 e. The van der Waals surface area contributed by atoms with Crippen LogP contribution < -0.4 is 0 Å². The summed E-state index contributed by atoms with van der Waals surface area (Å²) in [5.41, 5.74) is 0. The van der Waals surface area contributed by atoms with Crippen LogP contribution in [0, 0.1) is 23.7 Å². The number of allylic oxidation sites excluding steroid dienone is 3. The molecule has 0 fully saturated rings. The Morgan fingerprint density at radius 3 is 2.61 bits per heavy atom. The highest BCUT2D eigenvalue weighted by molar-refractivity contribution is 6.04. The molecule has 0 unspecified atom stereocenters. The van der Waals surface area contributed by atoms with E-state index < -0.39 is 0 Å². The summed E-state index contributed by atoms with van der Waals surface area (Å²) in [6, 6.07) is 0. The van der Waals surface area contributed by atoms with Gasteiger partial charge >= 0.3 is 0 Å². The van der Waals surface area contributed by atoms with Crippen LogP contribution in [0.25, 0.3) is 0 Å². The number of ketones is 1. The average Bonchev–Trinajstić information content (AvgIpc) is 2.39. The molecule has 0 aliphatic heterocycles. The van der Waals surface area contributed by atoms with Crippen LogP contribution in [0.1, 0.15) is 51.9 Å². The van der Waals surface area contributed by atoms with Crippen molar-refractivity contribution < 1.29 is 4.79 Å². The summed E-state index contributed by atoms with van der Waals surface area (Å²) in [4.78, 5) is 10.7. The Hall–Kier alpha value is -1.73. The Morgan fingerprint density at radius 1 is 1.11 bits per heavy atom. The highest BCUT2D eigenvalue weighted by Gasteiger charge is 1.85. The molecule has 0 N–H and O–H groups in total. The average molecular weight is 242 g/mol. The lowest BCUT2D eigenvalue weighted by Gasteiger charge is -1.95. The zero-order chi connectivity index (χ0) is 13.5. The van der Waals surface area contributed by atoms with Gasteiger partial charge in [-0.3, -0.25) is 4.79 Å². The fourth-order valence-electron chi connectivity index (χ4n) is 1.36. The molecule has 0 spiro atoms. The Bertz CT molecular complexity index is 379. The lowest BCUT2D eigenvalue weighted by molar-refractivity contribution is -0.109. The van der Waals surface area contributed by atoms with Crippen molar-refractivity contribution in [1.82, 2.24) is 0 Å². The van der Waals surface area contributed by atoms with E-state index in [2.05, 4.69) is 49.3 Å². The van der Waals surface area contributed by atoms with Gasteiger partial charge in [-0.05, 0) is 36.7 Å². The van der Waals surface area contributed by atoms with E-state index >= 15 is 0 Å². The summed E-state index contributed by atoms with van der Waals surface area (Å²) in [6.07, 6.45) is 13.8. The van der Waals surface area contributed by atoms with E-state index in [4.69, 9.17) is 0 Å². The molecule has 1 nitrogen and oxygen atoms in total. The second-order valence-electron chi connectivity index (χ2n) is 4.00. The predicted octanol–water partition coefficient (Wildman–Crippen LogP) is 4.06. The number of rotatable bonds is 8. The van der Waals surface area contributed by atoms with Crippen molar-refractivity contribution in [1.29, 1.82) is 0 Å². The third kappa shape index (κ3) is 12.3. The predicted molar refractivity (Wildman–Crippen MR) is 77.9 cm³/mol. The Labute approximate surface area is 111 Å². The smallest absolute Gasteiger partial charge is 0.229 e. The number of carbonyl (C=O) groups excluding carboxylic acids is 1. The zero-order valence-electron chi connectivity index (χ0n) is 11.3. The molecule has 0 aromatic rings. The first kappa shape index (κ1) is 16.3. The lowest BCUT2D eigenvalue weighted by atomic mass is 10.1. The van der Waals surface area contributed by atoms with Crippen LogP contribution in [0.3, 0.4) is 0 Å². The number of unbranched alkanes of at least 4 members (excludes halogenated alkanes) is 5. The van der Waals surface area contributed by atoms with Crippen molar-refractivity contribution >= 4 is 5.78 Å². The van der Waals surface area contributed by atoms with Crippen LogP contribution in [-0.4, -0.2) is 5.78 Å². The van der Waals surface area contributed by atoms with Crippen LogP contribution in [0.4, 0.5) is 0 Å². The number of hydrogen-bond donors (Lipinski definition) is 0. The standard InChI is InChI=1S/C17H22O/c1-3-5-6-7-8-9-10-11-12-13-14-15-16-17(18)4-2/h4,10-11H,2-3,5-9,12H2,1H3. The minimum Gasteiger partial charge on any atom is -0.280 e. The molecule has 0 heterocycles. The molecular weight excluding hydrogens is 220 g/mol. The van der Waals surface area contributed by atoms with Crippen molar-refractivity contribution in [3.63, 3.8) is 0 Å². The molecule has 0 rings (SSSR count). The summed E-state index contributed by atoms with van der Waals surface area (Å²) < 4.78 is 0. The first-order valence-corrected chi connectivity index (χ1v) is 6.61. The first-order valence-electron chi connectivity index (χ1n) is 6.61. The summed E-state index contributed by atoms with van der Waals surface area (Å²) in [5.74, 6) is 10.1. The molecule has 0 atom stereocenters. The lowest BCUT2D eigenvalue weighted by Crippen LogP contribution is -1.81. The Kier molecular flexibility index (Phi) is 12.1. The van der Waals surface area contributed by atoms with Crippen molar-refractivity contribution in [3.8, 4) is 23.7 Å². The van der Waals surface area contributed by atoms with E-state index in [1.54, 1.807) is 0 Å². The minimum absolute atomic E-state index is 0.285. The molecule has 0 aliphatic rings. The SMILES string of the molecule is C=CC(=O)C#CC#CCC=CCCCCCCC. The monoisotopic (exact) mass is 242 g/mol. The van der Waals surface area contributed by atoms with Gasteiger partial charge in [0, 0.05) is 6.42 Å². The summed E-state index contributed by atoms with van der Waals surface area (Å²) in [7, 11) is 0. The Morgan fingerprint density at radius 2 is 1.89 bits per heavy atom. The molecule has 0 radical (unpaired) electrons. The van der Waals surface area contributed by atoms with E-state index in [1.807, 2.05) is 0 Å². The largest absolute Gasteiger partial charge is 0.280 e. The highest BCUT2D eigenvalue weighted by atomic mass is 16.1.